The molecule has 5 heteroatoms. The van der Waals surface area contributed by atoms with Crippen LogP contribution in [0.1, 0.15) is 17.7 Å². The molecule has 0 aromatic carbocycles. The van der Waals surface area contributed by atoms with Gasteiger partial charge in [0.1, 0.15) is 5.82 Å². The number of pyridine rings is 1. The highest BCUT2D eigenvalue weighted by Crippen LogP contribution is 2.25. The second-order valence-corrected chi connectivity index (χ2v) is 2.44. The van der Waals surface area contributed by atoms with Crippen LogP contribution in [0.15, 0.2) is 6.07 Å². The van der Waals surface area contributed by atoms with Crippen LogP contribution in [0.2, 0.25) is 0 Å². The van der Waals surface area contributed by atoms with E-state index in [9.17, 15) is 8.78 Å². The number of aromatic nitrogens is 1. The number of nitrogens with zero attached hydrogens (tertiary/aromatic N) is 1. The maximum Gasteiger partial charge on any atom is 0.265 e. The summed E-state index contributed by atoms with van der Waals surface area (Å²) in [6.07, 6.45) is -2.56. The average molecular weight is 173 g/mol. The lowest BCUT2D eigenvalue weighted by molar-refractivity contribution is 0.150. The van der Waals surface area contributed by atoms with Crippen LogP contribution in [0, 0.1) is 6.92 Å². The molecule has 1 rings (SSSR count). The third kappa shape index (κ3) is 1.44. The smallest absolute Gasteiger partial charge is 0.265 e. The van der Waals surface area contributed by atoms with Crippen molar-refractivity contribution in [2.24, 2.45) is 0 Å². The fraction of sp³-hybridized carbons (Fsp3) is 0.286. The quantitative estimate of drug-likeness (QED) is 0.676. The molecule has 66 valence electrons. The summed E-state index contributed by atoms with van der Waals surface area (Å²) >= 11 is 0. The summed E-state index contributed by atoms with van der Waals surface area (Å²) in [6, 6.07) is 1.16. The summed E-state index contributed by atoms with van der Waals surface area (Å²) in [4.78, 5) is 3.67. The van der Waals surface area contributed by atoms with E-state index in [1.54, 1.807) is 0 Å². The van der Waals surface area contributed by atoms with Gasteiger partial charge in [0.05, 0.1) is 5.69 Å². The van der Waals surface area contributed by atoms with Gasteiger partial charge in [-0.2, -0.15) is 0 Å². The highest BCUT2D eigenvalue weighted by Gasteiger charge is 2.13. The third-order valence-corrected chi connectivity index (χ3v) is 1.55. The summed E-state index contributed by atoms with van der Waals surface area (Å²) < 4.78 is 24.4. The van der Waals surface area contributed by atoms with E-state index >= 15 is 0 Å². The van der Waals surface area contributed by atoms with Crippen molar-refractivity contribution in [3.8, 4) is 0 Å². The monoisotopic (exact) mass is 173 g/mol. The van der Waals surface area contributed by atoms with E-state index in [0.29, 0.717) is 0 Å². The molecule has 0 fully saturated rings. The van der Waals surface area contributed by atoms with Crippen molar-refractivity contribution in [1.29, 1.82) is 0 Å². The van der Waals surface area contributed by atoms with Crippen molar-refractivity contribution in [3.05, 3.63) is 17.3 Å². The van der Waals surface area contributed by atoms with E-state index in [4.69, 9.17) is 11.5 Å². The molecule has 0 saturated heterocycles. The van der Waals surface area contributed by atoms with E-state index in [1.807, 2.05) is 0 Å². The van der Waals surface area contributed by atoms with Crippen molar-refractivity contribution in [2.45, 2.75) is 13.3 Å². The first-order valence-electron chi connectivity index (χ1n) is 3.33. The summed E-state index contributed by atoms with van der Waals surface area (Å²) in [5, 5.41) is 0. The number of hydrogen-bond donors (Lipinski definition) is 2. The van der Waals surface area contributed by atoms with Gasteiger partial charge in [0, 0.05) is 11.3 Å². The molecule has 4 N–H and O–H groups in total. The summed E-state index contributed by atoms with van der Waals surface area (Å²) in [6.45, 7) is 1.47. The largest absolute Gasteiger partial charge is 0.396 e. The SMILES string of the molecule is Cc1nc(N)c(N)cc1C(F)F. The van der Waals surface area contributed by atoms with Gasteiger partial charge < -0.3 is 11.5 Å². The summed E-state index contributed by atoms with van der Waals surface area (Å²) in [7, 11) is 0. The number of alkyl halides is 2. The second kappa shape index (κ2) is 2.92. The first kappa shape index (κ1) is 8.70. The Balaban J connectivity index is 3.23. The lowest BCUT2D eigenvalue weighted by atomic mass is 10.2. The van der Waals surface area contributed by atoms with Gasteiger partial charge in [-0.25, -0.2) is 13.8 Å². The molecule has 0 radical (unpaired) electrons. The Hall–Kier alpha value is -1.39. The molecule has 1 aromatic rings. The van der Waals surface area contributed by atoms with Gasteiger partial charge >= 0.3 is 0 Å². The topological polar surface area (TPSA) is 64.9 Å². The molecular formula is C7H9F2N3. The predicted octanol–water partition coefficient (Wildman–Crippen LogP) is 1.49. The maximum absolute atomic E-state index is 12.2. The van der Waals surface area contributed by atoms with Crippen molar-refractivity contribution in [1.82, 2.24) is 4.98 Å². The third-order valence-electron chi connectivity index (χ3n) is 1.55. The molecular weight excluding hydrogens is 164 g/mol. The van der Waals surface area contributed by atoms with Crippen LogP contribution in [-0.4, -0.2) is 4.98 Å². The zero-order valence-corrected chi connectivity index (χ0v) is 6.51. The molecule has 0 bridgehead atoms. The molecule has 0 aliphatic rings. The number of hydrogen-bond acceptors (Lipinski definition) is 3. The molecule has 0 unspecified atom stereocenters. The molecule has 3 nitrogen and oxygen atoms in total. The second-order valence-electron chi connectivity index (χ2n) is 2.44. The van der Waals surface area contributed by atoms with Crippen molar-refractivity contribution < 1.29 is 8.78 Å². The maximum atomic E-state index is 12.2. The fourth-order valence-electron chi connectivity index (χ4n) is 0.877. The Morgan fingerprint density at radius 1 is 1.42 bits per heavy atom. The minimum atomic E-state index is -2.56. The van der Waals surface area contributed by atoms with Gasteiger partial charge in [0.25, 0.3) is 6.43 Å². The van der Waals surface area contributed by atoms with Crippen LogP contribution >= 0.6 is 0 Å². The first-order valence-corrected chi connectivity index (χ1v) is 3.33. The molecule has 1 aromatic heterocycles. The molecule has 12 heavy (non-hydrogen) atoms. The Morgan fingerprint density at radius 3 is 2.50 bits per heavy atom. The number of aryl methyl sites for hydroxylation is 1. The van der Waals surface area contributed by atoms with Crippen LogP contribution in [0.5, 0.6) is 0 Å². The Kier molecular flexibility index (Phi) is 2.12. The van der Waals surface area contributed by atoms with Gasteiger partial charge in [-0.3, -0.25) is 0 Å². The lowest BCUT2D eigenvalue weighted by Crippen LogP contribution is -2.02. The van der Waals surface area contributed by atoms with Gasteiger partial charge in [0.15, 0.2) is 0 Å². The number of halogens is 2. The van der Waals surface area contributed by atoms with E-state index in [0.717, 1.165) is 6.07 Å². The Bertz CT molecular complexity index is 299. The molecule has 1 heterocycles. The standard InChI is InChI=1S/C7H9F2N3/c1-3-4(6(8)9)2-5(10)7(11)12-3/h2,6H,10H2,1H3,(H2,11,12). The van der Waals surface area contributed by atoms with Crippen LogP contribution in [0.3, 0.4) is 0 Å². The molecule has 0 aliphatic carbocycles. The minimum Gasteiger partial charge on any atom is -0.396 e. The van der Waals surface area contributed by atoms with Crippen LogP contribution in [0.25, 0.3) is 0 Å². The molecule has 0 saturated carbocycles. The van der Waals surface area contributed by atoms with Gasteiger partial charge in [-0.1, -0.05) is 0 Å². The van der Waals surface area contributed by atoms with Crippen molar-refractivity contribution >= 4 is 11.5 Å². The van der Waals surface area contributed by atoms with E-state index < -0.39 is 6.43 Å². The molecule has 0 spiro atoms. The van der Waals surface area contributed by atoms with Crippen LogP contribution in [-0.2, 0) is 0 Å². The number of rotatable bonds is 1. The fourth-order valence-corrected chi connectivity index (χ4v) is 0.877. The van der Waals surface area contributed by atoms with Crippen LogP contribution < -0.4 is 11.5 Å². The predicted molar refractivity (Wildman–Crippen MR) is 42.8 cm³/mol. The summed E-state index contributed by atoms with van der Waals surface area (Å²) in [5.41, 5.74) is 10.8. The normalized spacial score (nSPS) is 10.7. The zero-order valence-electron chi connectivity index (χ0n) is 6.51. The Morgan fingerprint density at radius 2 is 2.00 bits per heavy atom. The number of nitrogen functional groups attached to an aromatic ring is 2. The number of nitrogens with two attached hydrogens (primary N) is 2. The van der Waals surface area contributed by atoms with E-state index in [1.165, 1.54) is 6.92 Å². The van der Waals surface area contributed by atoms with Gasteiger partial charge in [-0.05, 0) is 13.0 Å². The summed E-state index contributed by atoms with van der Waals surface area (Å²) in [5.74, 6) is 0.0944. The average Bonchev–Trinajstić information content (AvgIpc) is 1.96. The molecule has 0 aliphatic heterocycles. The zero-order chi connectivity index (χ0) is 9.30. The first-order chi connectivity index (χ1) is 5.52. The highest BCUT2D eigenvalue weighted by atomic mass is 19.3. The number of anilines is 2. The van der Waals surface area contributed by atoms with E-state index in [2.05, 4.69) is 4.98 Å². The van der Waals surface area contributed by atoms with Crippen molar-refractivity contribution in [3.63, 3.8) is 0 Å². The minimum absolute atomic E-state index is 0.0934. The van der Waals surface area contributed by atoms with Crippen molar-refractivity contribution in [2.75, 3.05) is 11.5 Å². The highest BCUT2D eigenvalue weighted by molar-refractivity contribution is 5.60. The lowest BCUT2D eigenvalue weighted by Gasteiger charge is -2.06. The molecule has 0 amide bonds. The van der Waals surface area contributed by atoms with Gasteiger partial charge in [0.2, 0.25) is 0 Å². The molecule has 0 atom stereocenters. The van der Waals surface area contributed by atoms with E-state index in [-0.39, 0.29) is 22.8 Å². The van der Waals surface area contributed by atoms with Crippen LogP contribution in [0.4, 0.5) is 20.3 Å². The van der Waals surface area contributed by atoms with Gasteiger partial charge in [-0.15, -0.1) is 0 Å². The Labute approximate surface area is 68.4 Å².